The van der Waals surface area contributed by atoms with E-state index in [0.717, 1.165) is 18.5 Å². The van der Waals surface area contributed by atoms with Gasteiger partial charge in [-0.3, -0.25) is 4.90 Å². The molecule has 1 aliphatic heterocycles. The van der Waals surface area contributed by atoms with Crippen molar-refractivity contribution < 1.29 is 0 Å². The van der Waals surface area contributed by atoms with Gasteiger partial charge in [0, 0.05) is 25.2 Å². The molecule has 1 rings (SSSR count). The Morgan fingerprint density at radius 3 is 2.67 bits per heavy atom. The molecule has 2 nitrogen and oxygen atoms in total. The van der Waals surface area contributed by atoms with Gasteiger partial charge in [0.05, 0.1) is 0 Å². The van der Waals surface area contributed by atoms with Crippen LogP contribution >= 0.6 is 11.8 Å². The zero-order valence-electron chi connectivity index (χ0n) is 10.4. The SMILES string of the molecule is CCSCCC(CN)N1CC(C)CC1C. The number of hydrogen-bond acceptors (Lipinski definition) is 3. The first kappa shape index (κ1) is 13.3. The van der Waals surface area contributed by atoms with Gasteiger partial charge < -0.3 is 5.73 Å². The van der Waals surface area contributed by atoms with Gasteiger partial charge >= 0.3 is 0 Å². The standard InChI is InChI=1S/C12H26N2S/c1-4-15-6-5-12(8-13)14-9-10(2)7-11(14)3/h10-12H,4-9,13H2,1-3H3. The van der Waals surface area contributed by atoms with Crippen molar-refractivity contribution in [1.82, 2.24) is 4.90 Å². The molecule has 0 radical (unpaired) electrons. The first-order valence-corrected chi connectivity index (χ1v) is 7.38. The molecule has 1 aliphatic rings. The number of nitrogens with zero attached hydrogens (tertiary/aromatic N) is 1. The van der Waals surface area contributed by atoms with E-state index >= 15 is 0 Å². The Bertz CT molecular complexity index is 175. The fourth-order valence-corrected chi connectivity index (χ4v) is 3.35. The van der Waals surface area contributed by atoms with Crippen molar-refractivity contribution >= 4 is 11.8 Å². The molecule has 0 saturated carbocycles. The Kier molecular flexibility index (Phi) is 6.02. The lowest BCUT2D eigenvalue weighted by atomic mass is 10.1. The maximum atomic E-state index is 5.89. The molecular weight excluding hydrogens is 204 g/mol. The second-order valence-electron chi connectivity index (χ2n) is 4.76. The van der Waals surface area contributed by atoms with Crippen LogP contribution in [0.25, 0.3) is 0 Å². The Hall–Kier alpha value is 0.270. The first-order valence-electron chi connectivity index (χ1n) is 6.22. The van der Waals surface area contributed by atoms with Crippen molar-refractivity contribution in [1.29, 1.82) is 0 Å². The molecule has 0 aromatic heterocycles. The normalized spacial score (nSPS) is 29.6. The second kappa shape index (κ2) is 6.77. The zero-order chi connectivity index (χ0) is 11.3. The summed E-state index contributed by atoms with van der Waals surface area (Å²) in [5.41, 5.74) is 5.89. The van der Waals surface area contributed by atoms with Crippen LogP contribution in [0, 0.1) is 5.92 Å². The summed E-state index contributed by atoms with van der Waals surface area (Å²) in [5, 5.41) is 0. The van der Waals surface area contributed by atoms with E-state index in [2.05, 4.69) is 25.7 Å². The molecule has 2 N–H and O–H groups in total. The van der Waals surface area contributed by atoms with Crippen molar-refractivity contribution in [3.63, 3.8) is 0 Å². The molecule has 0 aromatic carbocycles. The van der Waals surface area contributed by atoms with E-state index in [1.54, 1.807) is 0 Å². The molecule has 3 unspecified atom stereocenters. The highest BCUT2D eigenvalue weighted by atomic mass is 32.2. The lowest BCUT2D eigenvalue weighted by Crippen LogP contribution is -2.43. The van der Waals surface area contributed by atoms with Crippen molar-refractivity contribution in [2.24, 2.45) is 11.7 Å². The predicted molar refractivity (Wildman–Crippen MR) is 70.4 cm³/mol. The van der Waals surface area contributed by atoms with Gasteiger partial charge in [-0.25, -0.2) is 0 Å². The predicted octanol–water partition coefficient (Wildman–Crippen LogP) is 2.19. The van der Waals surface area contributed by atoms with E-state index < -0.39 is 0 Å². The minimum Gasteiger partial charge on any atom is -0.329 e. The highest BCUT2D eigenvalue weighted by Gasteiger charge is 2.30. The van der Waals surface area contributed by atoms with Crippen molar-refractivity contribution in [2.75, 3.05) is 24.6 Å². The molecule has 3 heteroatoms. The van der Waals surface area contributed by atoms with E-state index in [4.69, 9.17) is 5.73 Å². The number of rotatable bonds is 6. The number of hydrogen-bond donors (Lipinski definition) is 1. The largest absolute Gasteiger partial charge is 0.329 e. The van der Waals surface area contributed by atoms with Crippen LogP contribution in [0.4, 0.5) is 0 Å². The lowest BCUT2D eigenvalue weighted by Gasteiger charge is -2.30. The molecule has 0 amide bonds. The third-order valence-electron chi connectivity index (χ3n) is 3.37. The van der Waals surface area contributed by atoms with Crippen LogP contribution in [0.3, 0.4) is 0 Å². The van der Waals surface area contributed by atoms with Gasteiger partial charge in [-0.15, -0.1) is 0 Å². The monoisotopic (exact) mass is 230 g/mol. The van der Waals surface area contributed by atoms with Crippen LogP contribution in [0.1, 0.15) is 33.6 Å². The van der Waals surface area contributed by atoms with E-state index in [1.165, 1.54) is 30.9 Å². The van der Waals surface area contributed by atoms with Crippen LogP contribution in [0.15, 0.2) is 0 Å². The molecule has 90 valence electrons. The van der Waals surface area contributed by atoms with Crippen LogP contribution in [0.2, 0.25) is 0 Å². The maximum absolute atomic E-state index is 5.89. The van der Waals surface area contributed by atoms with Gasteiger partial charge in [0.25, 0.3) is 0 Å². The van der Waals surface area contributed by atoms with Crippen molar-refractivity contribution in [3.8, 4) is 0 Å². The highest BCUT2D eigenvalue weighted by Crippen LogP contribution is 2.25. The minimum absolute atomic E-state index is 0.615. The van der Waals surface area contributed by atoms with Gasteiger partial charge in [0.2, 0.25) is 0 Å². The molecular formula is C12H26N2S. The third-order valence-corrected chi connectivity index (χ3v) is 4.31. The Morgan fingerprint density at radius 1 is 1.47 bits per heavy atom. The molecule has 15 heavy (non-hydrogen) atoms. The number of likely N-dealkylation sites (tertiary alicyclic amines) is 1. The molecule has 0 aliphatic carbocycles. The quantitative estimate of drug-likeness (QED) is 0.709. The van der Waals surface area contributed by atoms with E-state index in [0.29, 0.717) is 6.04 Å². The van der Waals surface area contributed by atoms with Gasteiger partial charge in [-0.05, 0) is 37.2 Å². The maximum Gasteiger partial charge on any atom is 0.0229 e. The third kappa shape index (κ3) is 3.97. The average Bonchev–Trinajstić information content (AvgIpc) is 2.53. The fourth-order valence-electron chi connectivity index (χ4n) is 2.62. The summed E-state index contributed by atoms with van der Waals surface area (Å²) >= 11 is 2.03. The molecule has 0 aromatic rings. The summed E-state index contributed by atoms with van der Waals surface area (Å²) in [7, 11) is 0. The minimum atomic E-state index is 0.615. The van der Waals surface area contributed by atoms with Crippen LogP contribution < -0.4 is 5.73 Å². The lowest BCUT2D eigenvalue weighted by molar-refractivity contribution is 0.187. The topological polar surface area (TPSA) is 29.3 Å². The molecule has 1 heterocycles. The summed E-state index contributed by atoms with van der Waals surface area (Å²) in [4.78, 5) is 2.63. The van der Waals surface area contributed by atoms with Crippen molar-refractivity contribution in [3.05, 3.63) is 0 Å². The molecule has 3 atom stereocenters. The van der Waals surface area contributed by atoms with E-state index in [-0.39, 0.29) is 0 Å². The van der Waals surface area contributed by atoms with Crippen LogP contribution in [-0.4, -0.2) is 41.6 Å². The van der Waals surface area contributed by atoms with Gasteiger partial charge in [-0.1, -0.05) is 13.8 Å². The summed E-state index contributed by atoms with van der Waals surface area (Å²) in [6.45, 7) is 8.99. The summed E-state index contributed by atoms with van der Waals surface area (Å²) in [6, 6.07) is 1.35. The summed E-state index contributed by atoms with van der Waals surface area (Å²) < 4.78 is 0. The molecule has 0 spiro atoms. The molecule has 0 bridgehead atoms. The summed E-state index contributed by atoms with van der Waals surface area (Å²) in [6.07, 6.45) is 2.60. The first-order chi connectivity index (χ1) is 7.19. The van der Waals surface area contributed by atoms with Gasteiger partial charge in [0.1, 0.15) is 0 Å². The Morgan fingerprint density at radius 2 is 2.20 bits per heavy atom. The smallest absolute Gasteiger partial charge is 0.0229 e. The Labute approximate surface area is 99.0 Å². The molecule has 1 fully saturated rings. The number of nitrogens with two attached hydrogens (primary N) is 1. The Balaban J connectivity index is 2.36. The van der Waals surface area contributed by atoms with E-state index in [1.807, 2.05) is 11.8 Å². The zero-order valence-corrected chi connectivity index (χ0v) is 11.2. The summed E-state index contributed by atoms with van der Waals surface area (Å²) in [5.74, 6) is 3.34. The van der Waals surface area contributed by atoms with Gasteiger partial charge in [-0.2, -0.15) is 11.8 Å². The highest BCUT2D eigenvalue weighted by molar-refractivity contribution is 7.99. The second-order valence-corrected chi connectivity index (χ2v) is 6.16. The van der Waals surface area contributed by atoms with Gasteiger partial charge in [0.15, 0.2) is 0 Å². The fraction of sp³-hybridized carbons (Fsp3) is 1.00. The number of thioether (sulfide) groups is 1. The van der Waals surface area contributed by atoms with Crippen LogP contribution in [0.5, 0.6) is 0 Å². The van der Waals surface area contributed by atoms with Crippen LogP contribution in [-0.2, 0) is 0 Å². The molecule has 1 saturated heterocycles. The van der Waals surface area contributed by atoms with E-state index in [9.17, 15) is 0 Å². The van der Waals surface area contributed by atoms with Crippen molar-refractivity contribution in [2.45, 2.75) is 45.7 Å². The average molecular weight is 230 g/mol.